The lowest BCUT2D eigenvalue weighted by Crippen LogP contribution is -2.42. The van der Waals surface area contributed by atoms with Crippen LogP contribution >= 0.6 is 0 Å². The highest BCUT2D eigenvalue weighted by Crippen LogP contribution is 2.18. The summed E-state index contributed by atoms with van der Waals surface area (Å²) in [7, 11) is 3.68. The van der Waals surface area contributed by atoms with Crippen molar-refractivity contribution < 1.29 is 45.6 Å². The van der Waals surface area contributed by atoms with Crippen LogP contribution in [-0.2, 0) is 36.0 Å². The van der Waals surface area contributed by atoms with Crippen molar-refractivity contribution in [2.75, 3.05) is 55.9 Å². The molecule has 0 saturated carbocycles. The number of esters is 2. The summed E-state index contributed by atoms with van der Waals surface area (Å²) < 4.78 is 42.7. The predicted molar refractivity (Wildman–Crippen MR) is 119 cm³/mol. The fourth-order valence-corrected chi connectivity index (χ4v) is 6.39. The molecule has 0 aliphatic heterocycles. The predicted octanol–water partition coefficient (Wildman–Crippen LogP) is 2.54. The van der Waals surface area contributed by atoms with Gasteiger partial charge in [0.25, 0.3) is 0 Å². The quantitative estimate of drug-likeness (QED) is 0.195. The summed E-state index contributed by atoms with van der Waals surface area (Å²) in [5.74, 6) is -1.22. The Labute approximate surface area is 191 Å². The van der Waals surface area contributed by atoms with Crippen molar-refractivity contribution in [2.24, 2.45) is 0 Å². The minimum Gasteiger partial charge on any atom is -0.462 e. The van der Waals surface area contributed by atoms with Gasteiger partial charge in [-0.3, -0.25) is 0 Å². The van der Waals surface area contributed by atoms with Crippen molar-refractivity contribution >= 4 is 29.5 Å². The summed E-state index contributed by atoms with van der Waals surface area (Å²) in [6.45, 7) is 0.260. The van der Waals surface area contributed by atoms with Gasteiger partial charge in [0.05, 0.1) is 24.3 Å². The van der Waals surface area contributed by atoms with Gasteiger partial charge >= 0.3 is 29.5 Å². The molecule has 12 heteroatoms. The minimum atomic E-state index is -2.73. The number of hydrogen-bond acceptors (Lipinski definition) is 10. The van der Waals surface area contributed by atoms with Gasteiger partial charge in [-0.05, 0) is 25.0 Å². The minimum absolute atomic E-state index is 0.130. The van der Waals surface area contributed by atoms with Crippen LogP contribution < -0.4 is 0 Å². The standard InChI is InChI=1S/C20H34O10Si2/c1-23-31(24-2,25-3)15-9-13-29-19(21)17-11-7-8-12-18(17)20(22)30-14-10-16-32(26-4,27-5)28-6/h7-8,11-12H,9-10,13-16H2,1-6H3. The number of carbonyl (C=O) groups is 2. The molecule has 0 atom stereocenters. The van der Waals surface area contributed by atoms with Gasteiger partial charge in [-0.25, -0.2) is 9.59 Å². The molecule has 1 rings (SSSR count). The van der Waals surface area contributed by atoms with E-state index in [2.05, 4.69) is 0 Å². The number of benzene rings is 1. The SMILES string of the molecule is CO[Si](CCCOC(=O)c1ccccc1C(=O)OCCC[Si](OC)(OC)OC)(OC)OC. The van der Waals surface area contributed by atoms with Crippen LogP contribution in [0.1, 0.15) is 33.6 Å². The Balaban J connectivity index is 2.61. The first-order valence-corrected chi connectivity index (χ1v) is 14.0. The third-order valence-electron chi connectivity index (χ3n) is 4.95. The summed E-state index contributed by atoms with van der Waals surface area (Å²) in [6.07, 6.45) is 0.981. The number of hydrogen-bond donors (Lipinski definition) is 0. The lowest BCUT2D eigenvalue weighted by Gasteiger charge is -2.24. The fraction of sp³-hybridized carbons (Fsp3) is 0.600. The van der Waals surface area contributed by atoms with Crippen molar-refractivity contribution in [3.05, 3.63) is 35.4 Å². The summed E-state index contributed by atoms with van der Waals surface area (Å²) in [4.78, 5) is 25.0. The topological polar surface area (TPSA) is 108 Å². The normalized spacial score (nSPS) is 11.9. The molecule has 0 saturated heterocycles. The Kier molecular flexibility index (Phi) is 12.9. The van der Waals surface area contributed by atoms with Gasteiger partial charge in [0, 0.05) is 54.7 Å². The molecule has 1 aromatic rings. The molecular formula is C20H34O10Si2. The summed E-state index contributed by atoms with van der Waals surface area (Å²) in [5.41, 5.74) is 0.279. The molecule has 0 heterocycles. The largest absolute Gasteiger partial charge is 0.500 e. The Morgan fingerprint density at radius 3 is 1.22 bits per heavy atom. The second-order valence-electron chi connectivity index (χ2n) is 6.62. The zero-order valence-electron chi connectivity index (χ0n) is 19.6. The van der Waals surface area contributed by atoms with Gasteiger partial charge in [-0.1, -0.05) is 12.1 Å². The molecule has 0 amide bonds. The lowest BCUT2D eigenvalue weighted by molar-refractivity contribution is 0.0448. The molecule has 0 aromatic heterocycles. The van der Waals surface area contributed by atoms with Crippen LogP contribution in [-0.4, -0.2) is 85.4 Å². The first kappa shape index (κ1) is 28.4. The molecule has 0 fully saturated rings. The van der Waals surface area contributed by atoms with E-state index in [1.54, 1.807) is 12.1 Å². The molecule has 0 aliphatic carbocycles. The Morgan fingerprint density at radius 2 is 0.938 bits per heavy atom. The molecule has 0 radical (unpaired) electrons. The maximum absolute atomic E-state index is 12.5. The van der Waals surface area contributed by atoms with Crippen molar-refractivity contribution in [3.63, 3.8) is 0 Å². The van der Waals surface area contributed by atoms with Gasteiger partial charge in [-0.15, -0.1) is 0 Å². The van der Waals surface area contributed by atoms with Crippen LogP contribution in [0.4, 0.5) is 0 Å². The van der Waals surface area contributed by atoms with Crippen LogP contribution in [0.3, 0.4) is 0 Å². The van der Waals surface area contributed by atoms with Gasteiger partial charge in [0.1, 0.15) is 0 Å². The van der Waals surface area contributed by atoms with E-state index in [0.29, 0.717) is 24.9 Å². The maximum atomic E-state index is 12.5. The Bertz CT molecular complexity index is 632. The summed E-state index contributed by atoms with van der Waals surface area (Å²) in [5, 5.41) is 0. The van der Waals surface area contributed by atoms with Gasteiger partial charge in [0.2, 0.25) is 0 Å². The molecule has 182 valence electrons. The van der Waals surface area contributed by atoms with E-state index in [-0.39, 0.29) is 24.3 Å². The number of ether oxygens (including phenoxy) is 2. The van der Waals surface area contributed by atoms with Crippen LogP contribution in [0.2, 0.25) is 12.1 Å². The molecular weight excluding hydrogens is 456 g/mol. The molecule has 0 aliphatic rings. The van der Waals surface area contributed by atoms with Gasteiger partial charge < -0.3 is 36.0 Å². The highest BCUT2D eigenvalue weighted by Gasteiger charge is 2.38. The third-order valence-corrected chi connectivity index (χ3v) is 10.6. The van der Waals surface area contributed by atoms with E-state index in [1.807, 2.05) is 0 Å². The zero-order valence-corrected chi connectivity index (χ0v) is 21.6. The van der Waals surface area contributed by atoms with Crippen LogP contribution in [0.5, 0.6) is 0 Å². The highest BCUT2D eigenvalue weighted by molar-refractivity contribution is 6.60. The van der Waals surface area contributed by atoms with Crippen molar-refractivity contribution in [1.29, 1.82) is 0 Å². The highest BCUT2D eigenvalue weighted by atomic mass is 28.4. The zero-order chi connectivity index (χ0) is 24.0. The summed E-state index contributed by atoms with van der Waals surface area (Å²) in [6, 6.07) is 7.33. The average Bonchev–Trinajstić information content (AvgIpc) is 2.85. The Morgan fingerprint density at radius 1 is 0.625 bits per heavy atom. The second-order valence-corrected chi connectivity index (χ2v) is 12.8. The monoisotopic (exact) mass is 490 g/mol. The average molecular weight is 491 g/mol. The molecule has 0 N–H and O–H groups in total. The van der Waals surface area contributed by atoms with Crippen molar-refractivity contribution in [2.45, 2.75) is 24.9 Å². The van der Waals surface area contributed by atoms with Crippen molar-refractivity contribution in [1.82, 2.24) is 0 Å². The molecule has 10 nitrogen and oxygen atoms in total. The molecule has 0 unspecified atom stereocenters. The Hall–Kier alpha value is -1.65. The maximum Gasteiger partial charge on any atom is 0.500 e. The molecule has 32 heavy (non-hydrogen) atoms. The first-order chi connectivity index (χ1) is 15.4. The van der Waals surface area contributed by atoms with E-state index in [9.17, 15) is 9.59 Å². The third kappa shape index (κ3) is 8.04. The second kappa shape index (κ2) is 14.5. The van der Waals surface area contributed by atoms with Gasteiger partial charge in [-0.2, -0.15) is 0 Å². The number of rotatable bonds is 16. The first-order valence-electron chi connectivity index (χ1n) is 10.1. The van der Waals surface area contributed by atoms with E-state index >= 15 is 0 Å². The molecule has 1 aromatic carbocycles. The van der Waals surface area contributed by atoms with Crippen LogP contribution in [0.25, 0.3) is 0 Å². The van der Waals surface area contributed by atoms with Gasteiger partial charge in [0.15, 0.2) is 0 Å². The van der Waals surface area contributed by atoms with E-state index in [1.165, 1.54) is 54.8 Å². The lowest BCUT2D eigenvalue weighted by atomic mass is 10.1. The van der Waals surface area contributed by atoms with E-state index < -0.39 is 29.5 Å². The van der Waals surface area contributed by atoms with E-state index in [0.717, 1.165) is 0 Å². The smallest absolute Gasteiger partial charge is 0.462 e. The van der Waals surface area contributed by atoms with Crippen LogP contribution in [0.15, 0.2) is 24.3 Å². The van der Waals surface area contributed by atoms with Crippen molar-refractivity contribution in [3.8, 4) is 0 Å². The molecule has 0 bridgehead atoms. The number of carbonyl (C=O) groups excluding carboxylic acids is 2. The summed E-state index contributed by atoms with van der Waals surface area (Å²) >= 11 is 0. The van der Waals surface area contributed by atoms with Crippen LogP contribution in [0, 0.1) is 0 Å². The van der Waals surface area contributed by atoms with E-state index in [4.69, 9.17) is 36.0 Å². The fourth-order valence-electron chi connectivity index (χ4n) is 3.01. The molecule has 0 spiro atoms.